The van der Waals surface area contributed by atoms with Gasteiger partial charge in [-0.15, -0.1) is 0 Å². The molecule has 4 nitrogen and oxygen atoms in total. The molecule has 1 N–H and O–H groups in total. The van der Waals surface area contributed by atoms with Crippen molar-refractivity contribution >= 4 is 17.5 Å². The molecule has 4 rings (SSSR count). The van der Waals surface area contributed by atoms with Crippen LogP contribution in [0.2, 0.25) is 5.02 Å². The molecule has 2 aliphatic rings. The quantitative estimate of drug-likeness (QED) is 0.940. The highest BCUT2D eigenvalue weighted by Gasteiger charge is 2.46. The summed E-state index contributed by atoms with van der Waals surface area (Å²) in [7, 11) is 0. The molecule has 1 atom stereocenters. The van der Waals surface area contributed by atoms with E-state index >= 15 is 0 Å². The van der Waals surface area contributed by atoms with Crippen LogP contribution in [-0.2, 0) is 23.2 Å². The zero-order valence-corrected chi connectivity index (χ0v) is 13.7. The van der Waals surface area contributed by atoms with Crippen LogP contribution in [0.25, 0.3) is 0 Å². The summed E-state index contributed by atoms with van der Waals surface area (Å²) in [6, 6.07) is 7.94. The lowest BCUT2D eigenvalue weighted by molar-refractivity contribution is -0.130. The summed E-state index contributed by atoms with van der Waals surface area (Å²) < 4.78 is 2.14. The van der Waals surface area contributed by atoms with E-state index in [1.54, 1.807) is 0 Å². The van der Waals surface area contributed by atoms with Crippen LogP contribution in [0.15, 0.2) is 36.7 Å². The Kier molecular flexibility index (Phi) is 3.64. The maximum absolute atomic E-state index is 13.0. The second kappa shape index (κ2) is 5.68. The summed E-state index contributed by atoms with van der Waals surface area (Å²) in [5.41, 5.74) is 0.660. The zero-order chi connectivity index (χ0) is 15.9. The SMILES string of the molecule is O=C(N[C@@H]1CCc2nccn2C1)C1(c2cccc(Cl)c2)CCC1. The van der Waals surface area contributed by atoms with Gasteiger partial charge in [0, 0.05) is 36.4 Å². The van der Waals surface area contributed by atoms with Crippen molar-refractivity contribution in [2.75, 3.05) is 0 Å². The van der Waals surface area contributed by atoms with Gasteiger partial charge >= 0.3 is 0 Å². The second-order valence-electron chi connectivity index (χ2n) is 6.65. The van der Waals surface area contributed by atoms with Crippen molar-refractivity contribution in [3.63, 3.8) is 0 Å². The minimum absolute atomic E-state index is 0.152. The summed E-state index contributed by atoms with van der Waals surface area (Å²) >= 11 is 6.13. The minimum atomic E-state index is -0.389. The molecule has 1 aromatic carbocycles. The van der Waals surface area contributed by atoms with Crippen LogP contribution < -0.4 is 5.32 Å². The molecule has 0 saturated heterocycles. The average molecular weight is 330 g/mol. The largest absolute Gasteiger partial charge is 0.351 e. The maximum Gasteiger partial charge on any atom is 0.230 e. The van der Waals surface area contributed by atoms with E-state index in [2.05, 4.69) is 14.9 Å². The summed E-state index contributed by atoms with van der Waals surface area (Å²) in [4.78, 5) is 17.3. The number of carbonyl (C=O) groups is 1. The monoisotopic (exact) mass is 329 g/mol. The summed E-state index contributed by atoms with van der Waals surface area (Å²) in [5, 5.41) is 3.98. The molecule has 1 aliphatic heterocycles. The smallest absolute Gasteiger partial charge is 0.230 e. The van der Waals surface area contributed by atoms with Gasteiger partial charge in [0.2, 0.25) is 5.91 Å². The third kappa shape index (κ3) is 2.55. The summed E-state index contributed by atoms with van der Waals surface area (Å²) in [5.74, 6) is 1.27. The molecule has 0 spiro atoms. The van der Waals surface area contributed by atoms with E-state index in [4.69, 9.17) is 11.6 Å². The third-order valence-corrected chi connectivity index (χ3v) is 5.52. The van der Waals surface area contributed by atoms with Crippen molar-refractivity contribution < 1.29 is 4.79 Å². The van der Waals surface area contributed by atoms with E-state index in [1.807, 2.05) is 36.7 Å². The molecule has 2 heterocycles. The Morgan fingerprint density at radius 3 is 3.00 bits per heavy atom. The van der Waals surface area contributed by atoms with Gasteiger partial charge in [-0.3, -0.25) is 4.79 Å². The number of fused-ring (bicyclic) bond motifs is 1. The number of aromatic nitrogens is 2. The Bertz CT molecular complexity index is 735. The van der Waals surface area contributed by atoms with Gasteiger partial charge in [-0.1, -0.05) is 30.2 Å². The number of aryl methyl sites for hydroxylation is 1. The third-order valence-electron chi connectivity index (χ3n) is 5.29. The zero-order valence-electron chi connectivity index (χ0n) is 13.0. The lowest BCUT2D eigenvalue weighted by atomic mass is 9.63. The first-order valence-corrected chi connectivity index (χ1v) is 8.62. The Labute approximate surface area is 140 Å². The first kappa shape index (κ1) is 14.8. The molecule has 1 amide bonds. The number of halogens is 1. The van der Waals surface area contributed by atoms with E-state index in [0.717, 1.165) is 50.0 Å². The number of hydrogen-bond donors (Lipinski definition) is 1. The van der Waals surface area contributed by atoms with Gasteiger partial charge in [-0.2, -0.15) is 0 Å². The minimum Gasteiger partial charge on any atom is -0.351 e. The molecule has 1 fully saturated rings. The van der Waals surface area contributed by atoms with Crippen molar-refractivity contribution in [3.05, 3.63) is 53.1 Å². The molecule has 120 valence electrons. The highest BCUT2D eigenvalue weighted by atomic mass is 35.5. The summed E-state index contributed by atoms with van der Waals surface area (Å²) in [6.07, 6.45) is 8.60. The van der Waals surface area contributed by atoms with Gasteiger partial charge in [-0.05, 0) is 37.0 Å². The highest BCUT2D eigenvalue weighted by Crippen LogP contribution is 2.44. The number of amides is 1. The van der Waals surface area contributed by atoms with Gasteiger partial charge in [-0.25, -0.2) is 4.98 Å². The van der Waals surface area contributed by atoms with Crippen LogP contribution in [0.3, 0.4) is 0 Å². The molecule has 2 aromatic rings. The van der Waals surface area contributed by atoms with Crippen molar-refractivity contribution in [1.29, 1.82) is 0 Å². The van der Waals surface area contributed by atoms with E-state index in [1.165, 1.54) is 0 Å². The number of nitrogens with zero attached hydrogens (tertiary/aromatic N) is 2. The van der Waals surface area contributed by atoms with Crippen LogP contribution in [-0.4, -0.2) is 21.5 Å². The average Bonchev–Trinajstić information content (AvgIpc) is 2.93. The second-order valence-corrected chi connectivity index (χ2v) is 7.09. The van der Waals surface area contributed by atoms with Crippen LogP contribution in [0.1, 0.15) is 37.1 Å². The molecule has 5 heteroatoms. The van der Waals surface area contributed by atoms with Crippen LogP contribution in [0.4, 0.5) is 0 Å². The van der Waals surface area contributed by atoms with Crippen molar-refractivity contribution in [3.8, 4) is 0 Å². The lowest BCUT2D eigenvalue weighted by Crippen LogP contribution is -2.53. The standard InChI is InChI=1S/C18H20ClN3O/c19-14-4-1-3-13(11-14)18(7-2-8-18)17(23)21-15-5-6-16-20-9-10-22(16)12-15/h1,3-4,9-11,15H,2,5-8,12H2,(H,21,23)/t15-/m1/s1. The van der Waals surface area contributed by atoms with Gasteiger partial charge < -0.3 is 9.88 Å². The topological polar surface area (TPSA) is 46.9 Å². The predicted octanol–water partition coefficient (Wildman–Crippen LogP) is 3.09. The van der Waals surface area contributed by atoms with Crippen LogP contribution >= 0.6 is 11.6 Å². The van der Waals surface area contributed by atoms with Crippen molar-refractivity contribution in [2.45, 2.75) is 50.1 Å². The lowest BCUT2D eigenvalue weighted by Gasteiger charge is -2.42. The molecule has 0 unspecified atom stereocenters. The molecular weight excluding hydrogens is 310 g/mol. The number of imidazole rings is 1. The number of nitrogens with one attached hydrogen (secondary N) is 1. The van der Waals surface area contributed by atoms with Crippen LogP contribution in [0, 0.1) is 0 Å². The van der Waals surface area contributed by atoms with Crippen LogP contribution in [0.5, 0.6) is 0 Å². The first-order valence-electron chi connectivity index (χ1n) is 8.24. The fraction of sp³-hybridized carbons (Fsp3) is 0.444. The molecular formula is C18H20ClN3O. The fourth-order valence-corrected chi connectivity index (χ4v) is 3.96. The molecule has 23 heavy (non-hydrogen) atoms. The van der Waals surface area contributed by atoms with Gasteiger partial charge in [0.05, 0.1) is 5.41 Å². The van der Waals surface area contributed by atoms with Gasteiger partial charge in [0.15, 0.2) is 0 Å². The summed E-state index contributed by atoms with van der Waals surface area (Å²) in [6.45, 7) is 0.812. The maximum atomic E-state index is 13.0. The normalized spacial score (nSPS) is 22.0. The first-order chi connectivity index (χ1) is 11.2. The predicted molar refractivity (Wildman–Crippen MR) is 89.5 cm³/mol. The Balaban J connectivity index is 1.52. The number of carbonyl (C=O) groups excluding carboxylic acids is 1. The Morgan fingerprint density at radius 2 is 2.26 bits per heavy atom. The fourth-order valence-electron chi connectivity index (χ4n) is 3.77. The van der Waals surface area contributed by atoms with Crippen molar-refractivity contribution in [2.24, 2.45) is 0 Å². The molecule has 0 bridgehead atoms. The van der Waals surface area contributed by atoms with E-state index in [-0.39, 0.29) is 17.4 Å². The Morgan fingerprint density at radius 1 is 1.39 bits per heavy atom. The van der Waals surface area contributed by atoms with E-state index < -0.39 is 0 Å². The molecule has 0 radical (unpaired) electrons. The number of rotatable bonds is 3. The number of hydrogen-bond acceptors (Lipinski definition) is 2. The molecule has 1 aliphatic carbocycles. The highest BCUT2D eigenvalue weighted by molar-refractivity contribution is 6.30. The number of benzene rings is 1. The van der Waals surface area contributed by atoms with Gasteiger partial charge in [0.1, 0.15) is 5.82 Å². The van der Waals surface area contributed by atoms with E-state index in [9.17, 15) is 4.79 Å². The van der Waals surface area contributed by atoms with Gasteiger partial charge in [0.25, 0.3) is 0 Å². The Hall–Kier alpha value is -1.81. The molecule has 1 saturated carbocycles. The van der Waals surface area contributed by atoms with E-state index in [0.29, 0.717) is 5.02 Å². The molecule has 1 aromatic heterocycles. The van der Waals surface area contributed by atoms with Crippen molar-refractivity contribution in [1.82, 2.24) is 14.9 Å².